The molecule has 8 nitrogen and oxygen atoms in total. The minimum absolute atomic E-state index is 0.0213. The number of nitro benzene ring substituents is 1. The highest BCUT2D eigenvalue weighted by atomic mass is 16.6. The Morgan fingerprint density at radius 2 is 2.08 bits per heavy atom. The summed E-state index contributed by atoms with van der Waals surface area (Å²) in [4.78, 5) is 34.0. The summed E-state index contributed by atoms with van der Waals surface area (Å²) in [5.41, 5.74) is -0.889. The van der Waals surface area contributed by atoms with Crippen molar-refractivity contribution in [3.63, 3.8) is 0 Å². The number of amides is 1. The molecule has 8 heteroatoms. The quantitative estimate of drug-likeness (QED) is 0.483. The van der Waals surface area contributed by atoms with E-state index in [-0.39, 0.29) is 17.2 Å². The van der Waals surface area contributed by atoms with Crippen LogP contribution in [0.15, 0.2) is 18.2 Å². The lowest BCUT2D eigenvalue weighted by atomic mass is 9.90. The van der Waals surface area contributed by atoms with E-state index in [0.717, 1.165) is 6.07 Å². The van der Waals surface area contributed by atoms with E-state index in [9.17, 15) is 19.7 Å². The first kappa shape index (κ1) is 19.1. The van der Waals surface area contributed by atoms with E-state index in [2.05, 4.69) is 5.32 Å². The van der Waals surface area contributed by atoms with Gasteiger partial charge in [-0.1, -0.05) is 19.9 Å². The molecule has 1 aromatic rings. The Balaban J connectivity index is 2.73. The number of carbonyl (C=O) groups is 2. The van der Waals surface area contributed by atoms with Crippen molar-refractivity contribution in [1.82, 2.24) is 5.32 Å². The van der Waals surface area contributed by atoms with Gasteiger partial charge >= 0.3 is 5.97 Å². The first-order chi connectivity index (χ1) is 11.1. The standard InChI is InChI=1S/C16H19N3O5/c1-10(2)16(4,9-17)18-14(20)8-24-15(21)12-6-5-11(3)13(7-12)19(22)23/h5-7,10H,8H2,1-4H3,(H,18,20)/t16-/m1/s1. The molecule has 0 saturated heterocycles. The van der Waals surface area contributed by atoms with Crippen LogP contribution in [0, 0.1) is 34.3 Å². The van der Waals surface area contributed by atoms with Gasteiger partial charge in [0.15, 0.2) is 6.61 Å². The number of esters is 1. The average molecular weight is 333 g/mol. The summed E-state index contributed by atoms with van der Waals surface area (Å²) in [6.07, 6.45) is 0. The van der Waals surface area contributed by atoms with Gasteiger partial charge in [-0.05, 0) is 25.8 Å². The van der Waals surface area contributed by atoms with Crippen molar-refractivity contribution in [2.24, 2.45) is 5.92 Å². The number of hydrogen-bond acceptors (Lipinski definition) is 6. The molecule has 0 aliphatic carbocycles. The lowest BCUT2D eigenvalue weighted by molar-refractivity contribution is -0.385. The van der Waals surface area contributed by atoms with Crippen LogP contribution < -0.4 is 5.32 Å². The van der Waals surface area contributed by atoms with E-state index in [1.165, 1.54) is 12.1 Å². The fourth-order valence-corrected chi connectivity index (χ4v) is 1.77. The highest BCUT2D eigenvalue weighted by molar-refractivity contribution is 5.92. The van der Waals surface area contributed by atoms with Crippen LogP contribution in [-0.2, 0) is 9.53 Å². The minimum Gasteiger partial charge on any atom is -0.452 e. The van der Waals surface area contributed by atoms with Crippen LogP contribution in [0.3, 0.4) is 0 Å². The molecule has 0 aliphatic heterocycles. The third kappa shape index (κ3) is 4.52. The third-order valence-corrected chi connectivity index (χ3v) is 3.76. The van der Waals surface area contributed by atoms with Crippen LogP contribution in [0.25, 0.3) is 0 Å². The molecule has 0 bridgehead atoms. The summed E-state index contributed by atoms with van der Waals surface area (Å²) in [6.45, 7) is 6.10. The van der Waals surface area contributed by atoms with Crippen molar-refractivity contribution in [3.8, 4) is 6.07 Å². The zero-order chi connectivity index (χ0) is 18.5. The highest BCUT2D eigenvalue weighted by Gasteiger charge is 2.30. The smallest absolute Gasteiger partial charge is 0.338 e. The van der Waals surface area contributed by atoms with E-state index in [4.69, 9.17) is 10.00 Å². The molecule has 0 saturated carbocycles. The molecule has 1 atom stereocenters. The fourth-order valence-electron chi connectivity index (χ4n) is 1.77. The maximum Gasteiger partial charge on any atom is 0.338 e. The van der Waals surface area contributed by atoms with Gasteiger partial charge in [-0.3, -0.25) is 14.9 Å². The topological polar surface area (TPSA) is 122 Å². The predicted octanol–water partition coefficient (Wildman–Crippen LogP) is 2.11. The number of nitrogens with zero attached hydrogens (tertiary/aromatic N) is 2. The maximum absolute atomic E-state index is 11.9. The van der Waals surface area contributed by atoms with Crippen LogP contribution in [0.1, 0.15) is 36.7 Å². The van der Waals surface area contributed by atoms with Crippen molar-refractivity contribution in [2.45, 2.75) is 33.2 Å². The number of hydrogen-bond donors (Lipinski definition) is 1. The van der Waals surface area contributed by atoms with Gasteiger partial charge in [-0.25, -0.2) is 4.79 Å². The largest absolute Gasteiger partial charge is 0.452 e. The second kappa shape index (κ2) is 7.55. The van der Waals surface area contributed by atoms with Gasteiger partial charge < -0.3 is 10.1 Å². The number of ether oxygens (including phenoxy) is 1. The van der Waals surface area contributed by atoms with Crippen LogP contribution in [-0.4, -0.2) is 28.9 Å². The molecule has 0 spiro atoms. The molecule has 0 unspecified atom stereocenters. The first-order valence-corrected chi connectivity index (χ1v) is 7.25. The summed E-state index contributed by atoms with van der Waals surface area (Å²) in [5.74, 6) is -1.61. The molecule has 1 amide bonds. The molecule has 1 rings (SSSR count). The fraction of sp³-hybridized carbons (Fsp3) is 0.438. The first-order valence-electron chi connectivity index (χ1n) is 7.25. The Morgan fingerprint density at radius 1 is 1.46 bits per heavy atom. The monoisotopic (exact) mass is 333 g/mol. The number of benzene rings is 1. The molecule has 0 radical (unpaired) electrons. The Labute approximate surface area is 139 Å². The Kier molecular flexibility index (Phi) is 6.01. The number of carbonyl (C=O) groups excluding carboxylic acids is 2. The van der Waals surface area contributed by atoms with Crippen LogP contribution in [0.4, 0.5) is 5.69 Å². The molecular formula is C16H19N3O5. The van der Waals surface area contributed by atoms with E-state index < -0.39 is 28.9 Å². The molecule has 0 fully saturated rings. The van der Waals surface area contributed by atoms with Gasteiger partial charge in [-0.2, -0.15) is 5.26 Å². The van der Waals surface area contributed by atoms with Gasteiger partial charge in [0.25, 0.3) is 11.6 Å². The van der Waals surface area contributed by atoms with E-state index in [1.807, 2.05) is 6.07 Å². The Hall–Kier alpha value is -2.95. The average Bonchev–Trinajstić information content (AvgIpc) is 2.52. The predicted molar refractivity (Wildman–Crippen MR) is 85.1 cm³/mol. The van der Waals surface area contributed by atoms with Crippen molar-refractivity contribution in [3.05, 3.63) is 39.4 Å². The maximum atomic E-state index is 11.9. The summed E-state index contributed by atoms with van der Waals surface area (Å²) < 4.78 is 4.85. The summed E-state index contributed by atoms with van der Waals surface area (Å²) >= 11 is 0. The third-order valence-electron chi connectivity index (χ3n) is 3.76. The normalized spacial score (nSPS) is 12.8. The van der Waals surface area contributed by atoms with Gasteiger partial charge in [0.2, 0.25) is 0 Å². The number of nitrogens with one attached hydrogen (secondary N) is 1. The number of rotatable bonds is 6. The molecular weight excluding hydrogens is 314 g/mol. The summed E-state index contributed by atoms with van der Waals surface area (Å²) in [6, 6.07) is 5.92. The molecule has 1 aromatic carbocycles. The molecule has 0 heterocycles. The minimum atomic E-state index is -1.08. The van der Waals surface area contributed by atoms with Crippen LogP contribution in [0.2, 0.25) is 0 Å². The van der Waals surface area contributed by atoms with Gasteiger partial charge in [0.05, 0.1) is 16.6 Å². The summed E-state index contributed by atoms with van der Waals surface area (Å²) in [5, 5.41) is 22.5. The number of nitro groups is 1. The molecule has 0 aliphatic rings. The Bertz CT molecular complexity index is 708. The van der Waals surface area contributed by atoms with Crippen LogP contribution in [0.5, 0.6) is 0 Å². The lowest BCUT2D eigenvalue weighted by Gasteiger charge is -2.27. The number of aryl methyl sites for hydroxylation is 1. The zero-order valence-corrected chi connectivity index (χ0v) is 14.0. The van der Waals surface area contributed by atoms with Crippen molar-refractivity contribution in [2.75, 3.05) is 6.61 Å². The van der Waals surface area contributed by atoms with Crippen molar-refractivity contribution >= 4 is 17.6 Å². The highest BCUT2D eigenvalue weighted by Crippen LogP contribution is 2.20. The molecule has 24 heavy (non-hydrogen) atoms. The summed E-state index contributed by atoms with van der Waals surface area (Å²) in [7, 11) is 0. The van der Waals surface area contributed by atoms with E-state index in [1.54, 1.807) is 27.7 Å². The second-order valence-corrected chi connectivity index (χ2v) is 5.85. The lowest BCUT2D eigenvalue weighted by Crippen LogP contribution is -2.50. The number of nitriles is 1. The zero-order valence-electron chi connectivity index (χ0n) is 14.0. The van der Waals surface area contributed by atoms with Crippen molar-refractivity contribution < 1.29 is 19.2 Å². The molecule has 128 valence electrons. The molecule has 0 aromatic heterocycles. The molecule has 1 N–H and O–H groups in total. The van der Waals surface area contributed by atoms with Crippen molar-refractivity contribution in [1.29, 1.82) is 5.26 Å². The van der Waals surface area contributed by atoms with Gasteiger partial charge in [0, 0.05) is 11.6 Å². The van der Waals surface area contributed by atoms with E-state index in [0.29, 0.717) is 5.56 Å². The second-order valence-electron chi connectivity index (χ2n) is 5.85. The Morgan fingerprint density at radius 3 is 2.58 bits per heavy atom. The van der Waals surface area contributed by atoms with E-state index >= 15 is 0 Å². The SMILES string of the molecule is Cc1ccc(C(=O)OCC(=O)N[C@](C)(C#N)C(C)C)cc1[N+](=O)[O-]. The van der Waals surface area contributed by atoms with Crippen LogP contribution >= 0.6 is 0 Å². The van der Waals surface area contributed by atoms with Gasteiger partial charge in [-0.15, -0.1) is 0 Å². The van der Waals surface area contributed by atoms with Gasteiger partial charge in [0.1, 0.15) is 5.54 Å².